The Balaban J connectivity index is 1.94. The van der Waals surface area contributed by atoms with Crippen molar-refractivity contribution >= 4 is 40.5 Å². The minimum atomic E-state index is -0.512. The molecular weight excluding hydrogens is 458 g/mol. The maximum absolute atomic E-state index is 13.5. The molecule has 0 amide bonds. The van der Waals surface area contributed by atoms with Crippen LogP contribution in [0, 0.1) is 0 Å². The number of ether oxygens (including phenoxy) is 1. The first-order valence-corrected chi connectivity index (χ1v) is 11.4. The second-order valence-corrected chi connectivity index (χ2v) is 8.48. The summed E-state index contributed by atoms with van der Waals surface area (Å²) in [4.78, 5) is 43.8. The van der Waals surface area contributed by atoms with Crippen LogP contribution in [0.5, 0.6) is 0 Å². The largest absolute Gasteiger partial charge is 0.462 e. The molecule has 0 aliphatic rings. The second-order valence-electron chi connectivity index (χ2n) is 7.02. The minimum absolute atomic E-state index is 0.225. The van der Waals surface area contributed by atoms with Gasteiger partial charge in [0.1, 0.15) is 9.88 Å². The first-order valence-electron chi connectivity index (χ1n) is 10.2. The van der Waals surface area contributed by atoms with Crippen molar-refractivity contribution in [2.24, 2.45) is 0 Å². The van der Waals surface area contributed by atoms with E-state index in [-0.39, 0.29) is 39.2 Å². The molecule has 0 spiro atoms. The molecule has 5 nitrogen and oxygen atoms in total. The highest BCUT2D eigenvalue weighted by Gasteiger charge is 2.26. The summed E-state index contributed by atoms with van der Waals surface area (Å²) in [6, 6.07) is 20.5. The number of thiazole rings is 1. The quantitative estimate of drug-likeness (QED) is 0.238. The summed E-state index contributed by atoms with van der Waals surface area (Å²) in [6.45, 7) is 1.94. The van der Waals surface area contributed by atoms with Crippen molar-refractivity contribution in [2.75, 3.05) is 6.61 Å². The minimum Gasteiger partial charge on any atom is -0.462 e. The predicted octanol–water partition coefficient (Wildman–Crippen LogP) is 6.10. The number of benzene rings is 3. The third-order valence-corrected chi connectivity index (χ3v) is 6.07. The Kier molecular flexibility index (Phi) is 6.77. The summed E-state index contributed by atoms with van der Waals surface area (Å²) in [7, 11) is 0. The number of halogens is 1. The van der Waals surface area contributed by atoms with Crippen LogP contribution in [-0.4, -0.2) is 29.1 Å². The molecule has 0 N–H and O–H groups in total. The van der Waals surface area contributed by atoms with Crippen LogP contribution < -0.4 is 0 Å². The smallest absolute Gasteiger partial charge is 0.349 e. The highest BCUT2D eigenvalue weighted by Crippen LogP contribution is 2.36. The Labute approximate surface area is 199 Å². The normalized spacial score (nSPS) is 10.6. The maximum Gasteiger partial charge on any atom is 0.349 e. The van der Waals surface area contributed by atoms with E-state index in [1.165, 1.54) is 18.3 Å². The maximum atomic E-state index is 13.5. The number of carbonyl (C=O) groups is 3. The topological polar surface area (TPSA) is 73.3 Å². The van der Waals surface area contributed by atoms with E-state index < -0.39 is 5.97 Å². The zero-order valence-electron chi connectivity index (χ0n) is 17.6. The summed E-state index contributed by atoms with van der Waals surface area (Å²) < 4.78 is 5.07. The van der Waals surface area contributed by atoms with Crippen LogP contribution in [-0.2, 0) is 4.74 Å². The number of hydrogen-bond acceptors (Lipinski definition) is 6. The van der Waals surface area contributed by atoms with Crippen molar-refractivity contribution in [3.8, 4) is 10.6 Å². The number of ketones is 2. The highest BCUT2D eigenvalue weighted by atomic mass is 35.5. The van der Waals surface area contributed by atoms with Crippen molar-refractivity contribution in [3.63, 3.8) is 0 Å². The van der Waals surface area contributed by atoms with Gasteiger partial charge in [0.25, 0.3) is 0 Å². The van der Waals surface area contributed by atoms with Gasteiger partial charge in [0.15, 0.2) is 11.6 Å². The molecule has 3 aromatic carbocycles. The van der Waals surface area contributed by atoms with Crippen molar-refractivity contribution < 1.29 is 19.1 Å². The second kappa shape index (κ2) is 9.90. The zero-order valence-corrected chi connectivity index (χ0v) is 19.2. The molecule has 0 saturated heterocycles. The van der Waals surface area contributed by atoms with E-state index in [1.54, 1.807) is 55.5 Å². The van der Waals surface area contributed by atoms with Crippen molar-refractivity contribution in [3.05, 3.63) is 111 Å². The summed E-state index contributed by atoms with van der Waals surface area (Å²) in [5, 5.41) is 0.604. The Bertz CT molecular complexity index is 1260. The van der Waals surface area contributed by atoms with Crippen LogP contribution in [0.15, 0.2) is 79.0 Å². The average molecular weight is 476 g/mol. The first-order chi connectivity index (χ1) is 16.0. The van der Waals surface area contributed by atoms with E-state index >= 15 is 0 Å². The molecule has 33 heavy (non-hydrogen) atoms. The molecule has 1 aromatic heterocycles. The first kappa shape index (κ1) is 22.6. The molecule has 0 fully saturated rings. The van der Waals surface area contributed by atoms with Crippen molar-refractivity contribution in [2.45, 2.75) is 6.92 Å². The Morgan fingerprint density at radius 1 is 0.879 bits per heavy atom. The lowest BCUT2D eigenvalue weighted by atomic mass is 9.91. The van der Waals surface area contributed by atoms with Gasteiger partial charge >= 0.3 is 5.97 Å². The van der Waals surface area contributed by atoms with Crippen molar-refractivity contribution in [1.82, 2.24) is 4.98 Å². The molecule has 0 aliphatic heterocycles. The third-order valence-electron chi connectivity index (χ3n) is 4.86. The molecule has 164 valence electrons. The van der Waals surface area contributed by atoms with E-state index in [1.807, 2.05) is 12.1 Å². The third kappa shape index (κ3) is 4.77. The Morgan fingerprint density at radius 2 is 1.39 bits per heavy atom. The molecule has 0 unspecified atom stereocenters. The average Bonchev–Trinajstić information content (AvgIpc) is 3.34. The van der Waals surface area contributed by atoms with Crippen LogP contribution in [0.3, 0.4) is 0 Å². The Hall–Kier alpha value is -3.61. The zero-order chi connectivity index (χ0) is 23.4. The fourth-order valence-electron chi connectivity index (χ4n) is 3.37. The molecule has 0 saturated carbocycles. The van der Waals surface area contributed by atoms with Crippen LogP contribution in [0.25, 0.3) is 10.6 Å². The fourth-order valence-corrected chi connectivity index (χ4v) is 4.47. The van der Waals surface area contributed by atoms with E-state index in [4.69, 9.17) is 16.3 Å². The van der Waals surface area contributed by atoms with Gasteiger partial charge < -0.3 is 4.74 Å². The number of aromatic nitrogens is 1. The van der Waals surface area contributed by atoms with E-state index in [9.17, 15) is 14.4 Å². The molecule has 4 aromatic rings. The van der Waals surface area contributed by atoms with E-state index in [2.05, 4.69) is 4.98 Å². The van der Waals surface area contributed by atoms with Crippen LogP contribution in [0.2, 0.25) is 5.02 Å². The van der Waals surface area contributed by atoms with Gasteiger partial charge in [-0.25, -0.2) is 9.78 Å². The standard InChI is InChI=1S/C26H18ClNO4S/c1-2-32-26(31)21-15-28-25(33-21)22-19(23(29)16-9-5-3-6-10-16)13-18(27)14-20(22)24(30)17-11-7-4-8-12-17/h3-15H,2H2,1H3. The van der Waals surface area contributed by atoms with Gasteiger partial charge in [-0.2, -0.15) is 0 Å². The van der Waals surface area contributed by atoms with Gasteiger partial charge in [-0.05, 0) is 19.1 Å². The number of carbonyl (C=O) groups excluding carboxylic acids is 3. The lowest BCUT2D eigenvalue weighted by molar-refractivity contribution is 0.0531. The fraction of sp³-hybridized carbons (Fsp3) is 0.0769. The molecule has 0 atom stereocenters. The van der Waals surface area contributed by atoms with Gasteiger partial charge in [0, 0.05) is 32.8 Å². The van der Waals surface area contributed by atoms with E-state index in [0.717, 1.165) is 11.3 Å². The monoisotopic (exact) mass is 475 g/mol. The van der Waals surface area contributed by atoms with Crippen molar-refractivity contribution in [1.29, 1.82) is 0 Å². The lowest BCUT2D eigenvalue weighted by Crippen LogP contribution is -2.10. The summed E-state index contributed by atoms with van der Waals surface area (Å²) in [6.07, 6.45) is 1.39. The molecule has 0 radical (unpaired) electrons. The summed E-state index contributed by atoms with van der Waals surface area (Å²) in [5.74, 6) is -1.12. The Morgan fingerprint density at radius 3 is 1.88 bits per heavy atom. The van der Waals surface area contributed by atoms with Crippen LogP contribution in [0.1, 0.15) is 48.4 Å². The predicted molar refractivity (Wildman–Crippen MR) is 128 cm³/mol. The molecule has 4 rings (SSSR count). The summed E-state index contributed by atoms with van der Waals surface area (Å²) >= 11 is 7.43. The van der Waals surface area contributed by atoms with Gasteiger partial charge in [0.2, 0.25) is 0 Å². The van der Waals surface area contributed by atoms with Crippen LogP contribution >= 0.6 is 22.9 Å². The number of esters is 1. The van der Waals surface area contributed by atoms with Gasteiger partial charge in [-0.15, -0.1) is 11.3 Å². The van der Waals surface area contributed by atoms with Crippen LogP contribution in [0.4, 0.5) is 0 Å². The molecule has 7 heteroatoms. The van der Waals surface area contributed by atoms with Gasteiger partial charge in [-0.3, -0.25) is 9.59 Å². The summed E-state index contributed by atoms with van der Waals surface area (Å²) in [5.41, 5.74) is 1.70. The van der Waals surface area contributed by atoms with Gasteiger partial charge in [-0.1, -0.05) is 72.3 Å². The number of rotatable bonds is 7. The highest BCUT2D eigenvalue weighted by molar-refractivity contribution is 7.16. The number of nitrogens with zero attached hydrogens (tertiary/aromatic N) is 1. The molecule has 0 aliphatic carbocycles. The molecule has 1 heterocycles. The SMILES string of the molecule is CCOC(=O)c1cnc(-c2c(C(=O)c3ccccc3)cc(Cl)cc2C(=O)c2ccccc2)s1. The van der Waals surface area contributed by atoms with Gasteiger partial charge in [0.05, 0.1) is 12.8 Å². The number of hydrogen-bond donors (Lipinski definition) is 0. The molecular formula is C26H18ClNO4S. The van der Waals surface area contributed by atoms with E-state index in [0.29, 0.717) is 21.7 Å². The molecule has 0 bridgehead atoms. The lowest BCUT2D eigenvalue weighted by Gasteiger charge is -2.13.